The van der Waals surface area contributed by atoms with E-state index in [1.165, 1.54) is 12.1 Å². The monoisotopic (exact) mass is 480 g/mol. The number of esters is 1. The third-order valence-corrected chi connectivity index (χ3v) is 6.02. The van der Waals surface area contributed by atoms with Gasteiger partial charge in [-0.25, -0.2) is 4.79 Å². The molecule has 0 bridgehead atoms. The van der Waals surface area contributed by atoms with Gasteiger partial charge < -0.3 is 19.7 Å². The molecule has 33 heavy (non-hydrogen) atoms. The molecule has 0 saturated carbocycles. The minimum Gasteiger partial charge on any atom is -0.482 e. The SMILES string of the molecule is Cc1cc(S(=O)(=O)O)c(C(C)C)cc1OC(=O)COc1cc(C(C)(C)O)cc(C(C)(C)O)c1. The van der Waals surface area contributed by atoms with Crippen molar-refractivity contribution in [3.05, 3.63) is 52.6 Å². The molecule has 0 aliphatic rings. The van der Waals surface area contributed by atoms with Gasteiger partial charge >= 0.3 is 5.97 Å². The van der Waals surface area contributed by atoms with Gasteiger partial charge in [-0.3, -0.25) is 4.55 Å². The molecule has 8 nitrogen and oxygen atoms in total. The van der Waals surface area contributed by atoms with E-state index in [0.29, 0.717) is 22.3 Å². The normalized spacial score (nSPS) is 12.7. The second-order valence-corrected chi connectivity index (χ2v) is 10.8. The molecular formula is C24H32O8S. The number of aliphatic hydroxyl groups is 2. The molecule has 0 aliphatic carbocycles. The van der Waals surface area contributed by atoms with Crippen LogP contribution in [0.2, 0.25) is 0 Å². The second-order valence-electron chi connectivity index (χ2n) is 9.41. The van der Waals surface area contributed by atoms with E-state index in [-0.39, 0.29) is 22.3 Å². The van der Waals surface area contributed by atoms with E-state index >= 15 is 0 Å². The summed E-state index contributed by atoms with van der Waals surface area (Å²) < 4.78 is 43.8. The Kier molecular flexibility index (Phi) is 7.65. The van der Waals surface area contributed by atoms with Crippen LogP contribution in [0.1, 0.15) is 69.7 Å². The van der Waals surface area contributed by atoms with E-state index in [9.17, 15) is 28.0 Å². The van der Waals surface area contributed by atoms with Crippen LogP contribution >= 0.6 is 0 Å². The van der Waals surface area contributed by atoms with Crippen molar-refractivity contribution in [2.24, 2.45) is 0 Å². The average molecular weight is 481 g/mol. The van der Waals surface area contributed by atoms with Crippen molar-refractivity contribution in [1.82, 2.24) is 0 Å². The van der Waals surface area contributed by atoms with Crippen LogP contribution in [0.5, 0.6) is 11.5 Å². The summed E-state index contributed by atoms with van der Waals surface area (Å²) in [5, 5.41) is 20.7. The first-order valence-corrected chi connectivity index (χ1v) is 11.9. The van der Waals surface area contributed by atoms with Gasteiger partial charge in [-0.15, -0.1) is 0 Å². The molecule has 0 amide bonds. The Labute approximate surface area is 194 Å². The van der Waals surface area contributed by atoms with Gasteiger partial charge in [0.2, 0.25) is 0 Å². The van der Waals surface area contributed by atoms with Gasteiger partial charge in [-0.2, -0.15) is 8.42 Å². The van der Waals surface area contributed by atoms with E-state index in [1.54, 1.807) is 66.7 Å². The fourth-order valence-corrected chi connectivity index (χ4v) is 4.06. The third-order valence-electron chi connectivity index (χ3n) is 5.11. The van der Waals surface area contributed by atoms with Crippen LogP contribution in [0, 0.1) is 6.92 Å². The van der Waals surface area contributed by atoms with Crippen molar-refractivity contribution in [2.45, 2.75) is 70.5 Å². The second kappa shape index (κ2) is 9.42. The maximum atomic E-state index is 12.5. The van der Waals surface area contributed by atoms with Gasteiger partial charge in [-0.05, 0) is 93.1 Å². The zero-order valence-corrected chi connectivity index (χ0v) is 20.8. The Morgan fingerprint density at radius 1 is 0.970 bits per heavy atom. The molecule has 0 spiro atoms. The Balaban J connectivity index is 2.27. The van der Waals surface area contributed by atoms with Gasteiger partial charge in [0.05, 0.1) is 16.1 Å². The number of carbonyl (C=O) groups is 1. The number of ether oxygens (including phenoxy) is 2. The summed E-state index contributed by atoms with van der Waals surface area (Å²) in [6.07, 6.45) is 0. The number of benzene rings is 2. The number of carbonyl (C=O) groups excluding carboxylic acids is 1. The maximum absolute atomic E-state index is 12.5. The summed E-state index contributed by atoms with van der Waals surface area (Å²) in [7, 11) is -4.43. The fraction of sp³-hybridized carbons (Fsp3) is 0.458. The highest BCUT2D eigenvalue weighted by Crippen LogP contribution is 2.32. The first-order valence-electron chi connectivity index (χ1n) is 10.5. The zero-order chi connectivity index (χ0) is 25.4. The Morgan fingerprint density at radius 2 is 1.48 bits per heavy atom. The highest BCUT2D eigenvalue weighted by molar-refractivity contribution is 7.85. The molecule has 0 heterocycles. The molecule has 3 N–H and O–H groups in total. The number of hydrogen-bond acceptors (Lipinski definition) is 7. The van der Waals surface area contributed by atoms with Crippen LogP contribution in [-0.4, -0.2) is 35.8 Å². The zero-order valence-electron chi connectivity index (χ0n) is 20.0. The summed E-state index contributed by atoms with van der Waals surface area (Å²) in [6, 6.07) is 7.49. The topological polar surface area (TPSA) is 130 Å². The maximum Gasteiger partial charge on any atom is 0.349 e. The van der Waals surface area contributed by atoms with Crippen molar-refractivity contribution < 1.29 is 37.5 Å². The Bertz CT molecular complexity index is 1100. The molecule has 2 aromatic carbocycles. The Morgan fingerprint density at radius 3 is 1.91 bits per heavy atom. The lowest BCUT2D eigenvalue weighted by Crippen LogP contribution is -2.22. The first-order chi connectivity index (χ1) is 14.9. The largest absolute Gasteiger partial charge is 0.482 e. The molecule has 2 aromatic rings. The van der Waals surface area contributed by atoms with Crippen molar-refractivity contribution in [3.63, 3.8) is 0 Å². The Hall–Kier alpha value is -2.46. The number of aryl methyl sites for hydroxylation is 1. The number of hydrogen-bond donors (Lipinski definition) is 3. The van der Waals surface area contributed by atoms with Crippen LogP contribution in [0.25, 0.3) is 0 Å². The van der Waals surface area contributed by atoms with Crippen LogP contribution in [0.4, 0.5) is 0 Å². The quantitative estimate of drug-likeness (QED) is 0.295. The van der Waals surface area contributed by atoms with Crippen molar-refractivity contribution in [2.75, 3.05) is 6.61 Å². The summed E-state index contributed by atoms with van der Waals surface area (Å²) in [4.78, 5) is 12.2. The van der Waals surface area contributed by atoms with E-state index in [2.05, 4.69) is 0 Å². The molecule has 0 fully saturated rings. The van der Waals surface area contributed by atoms with E-state index in [1.807, 2.05) is 0 Å². The van der Waals surface area contributed by atoms with Gasteiger partial charge in [-0.1, -0.05) is 13.8 Å². The van der Waals surface area contributed by atoms with Gasteiger partial charge in [0.1, 0.15) is 11.5 Å². The minimum atomic E-state index is -4.43. The lowest BCUT2D eigenvalue weighted by atomic mass is 9.90. The molecule has 0 aromatic heterocycles. The van der Waals surface area contributed by atoms with Gasteiger partial charge in [0.25, 0.3) is 10.1 Å². The fourth-order valence-electron chi connectivity index (χ4n) is 3.15. The molecule has 9 heteroatoms. The lowest BCUT2D eigenvalue weighted by Gasteiger charge is -2.24. The third kappa shape index (κ3) is 7.01. The highest BCUT2D eigenvalue weighted by atomic mass is 32.2. The van der Waals surface area contributed by atoms with Crippen molar-refractivity contribution >= 4 is 16.1 Å². The summed E-state index contributed by atoms with van der Waals surface area (Å²) in [6.45, 7) is 11.0. The molecule has 2 rings (SSSR count). The van der Waals surface area contributed by atoms with Crippen molar-refractivity contribution in [3.8, 4) is 11.5 Å². The number of rotatable bonds is 8. The smallest absolute Gasteiger partial charge is 0.349 e. The van der Waals surface area contributed by atoms with Crippen LogP contribution < -0.4 is 9.47 Å². The van der Waals surface area contributed by atoms with Crippen LogP contribution in [-0.2, 0) is 26.1 Å². The predicted molar refractivity (Wildman–Crippen MR) is 123 cm³/mol. The molecule has 0 atom stereocenters. The molecule has 0 radical (unpaired) electrons. The molecule has 182 valence electrons. The summed E-state index contributed by atoms with van der Waals surface area (Å²) in [5.41, 5.74) is -0.710. The van der Waals surface area contributed by atoms with Gasteiger partial charge in [0.15, 0.2) is 6.61 Å². The van der Waals surface area contributed by atoms with Crippen LogP contribution in [0.3, 0.4) is 0 Å². The minimum absolute atomic E-state index is 0.155. The van der Waals surface area contributed by atoms with Crippen molar-refractivity contribution in [1.29, 1.82) is 0 Å². The standard InChI is InChI=1S/C24H32O8S/c1-14(2)19-12-20(15(3)8-21(19)33(28,29)30)32-22(25)13-31-18-10-16(23(4,5)26)9-17(11-18)24(6,7)27/h8-12,14,26-27H,13H2,1-7H3,(H,28,29,30). The first kappa shape index (κ1) is 26.8. The summed E-state index contributed by atoms with van der Waals surface area (Å²) >= 11 is 0. The van der Waals surface area contributed by atoms with E-state index in [4.69, 9.17) is 9.47 Å². The van der Waals surface area contributed by atoms with E-state index < -0.39 is 33.9 Å². The molecule has 0 saturated heterocycles. The predicted octanol–water partition coefficient (Wildman–Crippen LogP) is 3.80. The highest BCUT2D eigenvalue weighted by Gasteiger charge is 2.24. The molecule has 0 unspecified atom stereocenters. The lowest BCUT2D eigenvalue weighted by molar-refractivity contribution is -0.136. The summed E-state index contributed by atoms with van der Waals surface area (Å²) in [5.74, 6) is -0.556. The van der Waals surface area contributed by atoms with Crippen LogP contribution in [0.15, 0.2) is 35.2 Å². The molecular weight excluding hydrogens is 448 g/mol. The molecule has 0 aliphatic heterocycles. The van der Waals surface area contributed by atoms with E-state index in [0.717, 1.165) is 0 Å². The average Bonchev–Trinajstić information content (AvgIpc) is 2.65. The van der Waals surface area contributed by atoms with Gasteiger partial charge in [0, 0.05) is 0 Å².